The molecular weight excluding hydrogens is 352 g/mol. The van der Waals surface area contributed by atoms with Crippen molar-refractivity contribution in [2.24, 2.45) is 0 Å². The lowest BCUT2D eigenvalue weighted by molar-refractivity contribution is 0.321. The second-order valence-electron chi connectivity index (χ2n) is 6.29. The number of piperidine rings is 1. The third kappa shape index (κ3) is 3.89. The van der Waals surface area contributed by atoms with E-state index in [1.54, 1.807) is 6.20 Å². The number of halogens is 1. The molecule has 0 unspecified atom stereocenters. The van der Waals surface area contributed by atoms with Crippen LogP contribution < -0.4 is 5.32 Å². The Morgan fingerprint density at radius 1 is 1.08 bits per heavy atom. The van der Waals surface area contributed by atoms with Crippen LogP contribution in [0.1, 0.15) is 54.1 Å². The second-order valence-corrected chi connectivity index (χ2v) is 7.37. The van der Waals surface area contributed by atoms with Gasteiger partial charge in [-0.15, -0.1) is 0 Å². The van der Waals surface area contributed by atoms with E-state index in [2.05, 4.69) is 38.9 Å². The van der Waals surface area contributed by atoms with Gasteiger partial charge in [-0.1, -0.05) is 17.7 Å². The Hall–Kier alpha value is -1.82. The zero-order valence-corrected chi connectivity index (χ0v) is 15.3. The highest BCUT2D eigenvalue weighted by Gasteiger charge is 2.26. The Labute approximate surface area is 156 Å². The fraction of sp³-hybridized carbons (Fsp3) is 0.316. The topological polar surface area (TPSA) is 50.7 Å². The highest BCUT2D eigenvalue weighted by Crippen LogP contribution is 2.33. The smallest absolute Gasteiger partial charge is 0.0759 e. The molecule has 0 aromatic carbocycles. The number of aromatic nitrogens is 3. The van der Waals surface area contributed by atoms with Gasteiger partial charge in [-0.25, -0.2) is 0 Å². The van der Waals surface area contributed by atoms with Gasteiger partial charge in [0.1, 0.15) is 0 Å². The molecule has 4 heterocycles. The first-order valence-corrected chi connectivity index (χ1v) is 9.72. The van der Waals surface area contributed by atoms with Crippen LogP contribution in [0.3, 0.4) is 0 Å². The molecule has 1 N–H and O–H groups in total. The number of nitrogens with one attached hydrogen (secondary N) is 1. The van der Waals surface area contributed by atoms with E-state index >= 15 is 0 Å². The average Bonchev–Trinajstić information content (AvgIpc) is 3.15. The molecule has 4 nitrogen and oxygen atoms in total. The molecule has 0 spiro atoms. The maximum absolute atomic E-state index is 6.33. The molecule has 0 saturated carbocycles. The van der Waals surface area contributed by atoms with Crippen molar-refractivity contribution < 1.29 is 0 Å². The predicted molar refractivity (Wildman–Crippen MR) is 101 cm³/mol. The zero-order valence-electron chi connectivity index (χ0n) is 13.7. The van der Waals surface area contributed by atoms with Crippen LogP contribution in [0.15, 0.2) is 48.0 Å². The van der Waals surface area contributed by atoms with Crippen LogP contribution in [-0.2, 0) is 6.42 Å². The summed E-state index contributed by atoms with van der Waals surface area (Å²) in [6, 6.07) is 12.5. The normalized spacial score (nSPS) is 20.5. The molecule has 3 aromatic rings. The van der Waals surface area contributed by atoms with Crippen molar-refractivity contribution in [2.45, 2.75) is 37.8 Å². The molecule has 6 heteroatoms. The minimum atomic E-state index is 0.177. The fourth-order valence-electron chi connectivity index (χ4n) is 3.34. The van der Waals surface area contributed by atoms with Gasteiger partial charge in [0.05, 0.1) is 28.1 Å². The van der Waals surface area contributed by atoms with E-state index in [4.69, 9.17) is 16.6 Å². The molecule has 0 amide bonds. The Bertz CT molecular complexity index is 837. The van der Waals surface area contributed by atoms with E-state index in [9.17, 15) is 0 Å². The first-order chi connectivity index (χ1) is 12.3. The fourth-order valence-corrected chi connectivity index (χ4v) is 4.14. The quantitative estimate of drug-likeness (QED) is 0.721. The Morgan fingerprint density at radius 2 is 2.00 bits per heavy atom. The molecule has 1 saturated heterocycles. The van der Waals surface area contributed by atoms with Crippen LogP contribution in [0.2, 0.25) is 5.02 Å². The predicted octanol–water partition coefficient (Wildman–Crippen LogP) is 4.73. The van der Waals surface area contributed by atoms with Crippen molar-refractivity contribution in [3.8, 4) is 0 Å². The third-order valence-corrected chi connectivity index (χ3v) is 5.46. The summed E-state index contributed by atoms with van der Waals surface area (Å²) in [6.07, 6.45) is 5.84. The van der Waals surface area contributed by atoms with Crippen LogP contribution in [-0.4, -0.2) is 14.3 Å². The lowest BCUT2D eigenvalue weighted by atomic mass is 9.94. The largest absolute Gasteiger partial charge is 0.300 e. The molecule has 4 rings (SSSR count). The summed E-state index contributed by atoms with van der Waals surface area (Å²) in [6.45, 7) is 0. The molecule has 0 radical (unpaired) electrons. The minimum absolute atomic E-state index is 0.177. The number of rotatable bonds is 4. The maximum atomic E-state index is 6.33. The van der Waals surface area contributed by atoms with Crippen molar-refractivity contribution in [3.63, 3.8) is 0 Å². The van der Waals surface area contributed by atoms with Gasteiger partial charge >= 0.3 is 0 Å². The average molecular weight is 371 g/mol. The minimum Gasteiger partial charge on any atom is -0.300 e. The molecule has 2 atom stereocenters. The van der Waals surface area contributed by atoms with Gasteiger partial charge in [-0.05, 0) is 61.1 Å². The van der Waals surface area contributed by atoms with Crippen molar-refractivity contribution >= 4 is 23.1 Å². The number of pyridine rings is 2. The Kier molecular flexibility index (Phi) is 5.06. The molecule has 25 heavy (non-hydrogen) atoms. The van der Waals surface area contributed by atoms with Gasteiger partial charge in [-0.2, -0.15) is 4.37 Å². The van der Waals surface area contributed by atoms with Crippen LogP contribution >= 0.6 is 23.1 Å². The second kappa shape index (κ2) is 7.60. The summed E-state index contributed by atoms with van der Waals surface area (Å²) < 4.78 is 4.38. The Balaban J connectivity index is 1.52. The zero-order chi connectivity index (χ0) is 17.1. The lowest BCUT2D eigenvalue weighted by Crippen LogP contribution is -2.32. The lowest BCUT2D eigenvalue weighted by Gasteiger charge is -2.31. The van der Waals surface area contributed by atoms with E-state index in [0.29, 0.717) is 0 Å². The summed E-state index contributed by atoms with van der Waals surface area (Å²) in [5, 5.41) is 6.42. The molecule has 1 aliphatic heterocycles. The van der Waals surface area contributed by atoms with E-state index < -0.39 is 0 Å². The molecule has 0 bridgehead atoms. The Morgan fingerprint density at radius 3 is 2.84 bits per heavy atom. The molecule has 3 aromatic heterocycles. The maximum Gasteiger partial charge on any atom is 0.0759 e. The number of hydrogen-bond donors (Lipinski definition) is 1. The van der Waals surface area contributed by atoms with Crippen LogP contribution in [0.25, 0.3) is 0 Å². The standard InChI is InChI=1S/C19H19ClN4S/c20-15-5-3-10-21-19(15)18-8-2-7-17(23-18)16-6-1-4-13(22-16)12-14-9-11-25-24-14/h1,3-6,9-11,17-18,23H,2,7-8,12H2/t17-,18+/m1/s1. The third-order valence-electron chi connectivity index (χ3n) is 4.54. The molecule has 1 fully saturated rings. The van der Waals surface area contributed by atoms with Crippen LogP contribution in [0.4, 0.5) is 0 Å². The van der Waals surface area contributed by atoms with Gasteiger partial charge in [0.2, 0.25) is 0 Å². The summed E-state index contributed by atoms with van der Waals surface area (Å²) in [7, 11) is 0. The van der Waals surface area contributed by atoms with Crippen molar-refractivity contribution in [3.05, 3.63) is 75.8 Å². The summed E-state index contributed by atoms with van der Waals surface area (Å²) >= 11 is 7.81. The summed E-state index contributed by atoms with van der Waals surface area (Å²) in [4.78, 5) is 9.35. The van der Waals surface area contributed by atoms with Crippen molar-refractivity contribution in [2.75, 3.05) is 0 Å². The molecule has 1 aliphatic rings. The molecule has 128 valence electrons. The van der Waals surface area contributed by atoms with Gasteiger partial charge in [0.15, 0.2) is 0 Å². The van der Waals surface area contributed by atoms with E-state index in [1.807, 2.05) is 17.5 Å². The highest BCUT2D eigenvalue weighted by atomic mass is 35.5. The molecular formula is C19H19ClN4S. The monoisotopic (exact) mass is 370 g/mol. The van der Waals surface area contributed by atoms with E-state index in [0.717, 1.165) is 53.5 Å². The number of hydrogen-bond acceptors (Lipinski definition) is 5. The highest BCUT2D eigenvalue weighted by molar-refractivity contribution is 7.03. The van der Waals surface area contributed by atoms with Crippen LogP contribution in [0.5, 0.6) is 0 Å². The summed E-state index contributed by atoms with van der Waals surface area (Å²) in [5.41, 5.74) is 4.16. The van der Waals surface area contributed by atoms with E-state index in [1.165, 1.54) is 11.5 Å². The van der Waals surface area contributed by atoms with Gasteiger partial charge in [-0.3, -0.25) is 9.97 Å². The SMILES string of the molecule is Clc1cccnc1[C@@H]1CCC[C@H](c2cccc(Cc3ccsn3)n2)N1. The van der Waals surface area contributed by atoms with Gasteiger partial charge in [0, 0.05) is 29.7 Å². The van der Waals surface area contributed by atoms with Crippen molar-refractivity contribution in [1.29, 1.82) is 0 Å². The van der Waals surface area contributed by atoms with Crippen molar-refractivity contribution in [1.82, 2.24) is 19.7 Å². The van der Waals surface area contributed by atoms with Gasteiger partial charge < -0.3 is 5.32 Å². The summed E-state index contributed by atoms with van der Waals surface area (Å²) in [5.74, 6) is 0. The first-order valence-electron chi connectivity index (χ1n) is 8.51. The molecule has 0 aliphatic carbocycles. The van der Waals surface area contributed by atoms with Crippen LogP contribution in [0, 0.1) is 0 Å². The first kappa shape index (κ1) is 16.6. The van der Waals surface area contributed by atoms with E-state index in [-0.39, 0.29) is 12.1 Å². The van der Waals surface area contributed by atoms with Gasteiger partial charge in [0.25, 0.3) is 0 Å². The number of nitrogens with zero attached hydrogens (tertiary/aromatic N) is 3.